The van der Waals surface area contributed by atoms with Crippen molar-refractivity contribution in [2.24, 2.45) is 0 Å². The quantitative estimate of drug-likeness (QED) is 0.810. The first-order valence-corrected chi connectivity index (χ1v) is 7.80. The molecule has 1 heterocycles. The number of nitrogens with zero attached hydrogens (tertiary/aromatic N) is 1. The summed E-state index contributed by atoms with van der Waals surface area (Å²) in [5.41, 5.74) is 0.572. The Hall–Kier alpha value is -2.80. The fourth-order valence-electron chi connectivity index (χ4n) is 3.37. The molecule has 0 radical (unpaired) electrons. The van der Waals surface area contributed by atoms with E-state index in [-0.39, 0.29) is 12.4 Å². The van der Waals surface area contributed by atoms with Gasteiger partial charge in [-0.3, -0.25) is 4.79 Å². The van der Waals surface area contributed by atoms with E-state index < -0.39 is 11.0 Å². The Morgan fingerprint density at radius 3 is 2.21 bits per heavy atom. The molecule has 3 rings (SSSR count). The summed E-state index contributed by atoms with van der Waals surface area (Å²) in [5.74, 6) is 0.323. The van der Waals surface area contributed by atoms with Crippen LogP contribution < -0.4 is 4.74 Å². The lowest BCUT2D eigenvalue weighted by molar-refractivity contribution is -0.146. The average molecular weight is 321 g/mol. The van der Waals surface area contributed by atoms with Gasteiger partial charge in [-0.1, -0.05) is 42.0 Å². The summed E-state index contributed by atoms with van der Waals surface area (Å²) < 4.78 is 10.8. The molecule has 1 saturated heterocycles. The maximum atomic E-state index is 12.2. The van der Waals surface area contributed by atoms with Gasteiger partial charge < -0.3 is 9.47 Å². The Balaban J connectivity index is 2.17. The highest BCUT2D eigenvalue weighted by atomic mass is 16.6. The normalized spacial score (nSPS) is 25.8. The third kappa shape index (κ3) is 2.25. The molecule has 0 N–H and O–H groups in total. The number of hydrogen-bond acceptors (Lipinski definition) is 4. The molecule has 0 saturated carbocycles. The zero-order valence-corrected chi connectivity index (χ0v) is 14.0. The first-order chi connectivity index (χ1) is 11.4. The van der Waals surface area contributed by atoms with Crippen molar-refractivity contribution in [2.45, 2.75) is 31.3 Å². The van der Waals surface area contributed by atoms with E-state index >= 15 is 0 Å². The van der Waals surface area contributed by atoms with E-state index in [2.05, 4.69) is 6.07 Å². The van der Waals surface area contributed by atoms with Gasteiger partial charge in [0, 0.05) is 5.56 Å². The molecule has 1 aliphatic heterocycles. The monoisotopic (exact) mass is 321 g/mol. The van der Waals surface area contributed by atoms with E-state index in [1.54, 1.807) is 31.4 Å². The third-order valence-corrected chi connectivity index (χ3v) is 4.88. The molecule has 2 atom stereocenters. The second-order valence-electron chi connectivity index (χ2n) is 6.37. The highest BCUT2D eigenvalue weighted by molar-refractivity contribution is 5.77. The number of carbonyl (C=O) groups is 1. The first kappa shape index (κ1) is 16.1. The lowest BCUT2D eigenvalue weighted by Crippen LogP contribution is -2.42. The molecule has 0 aromatic heterocycles. The first-order valence-electron chi connectivity index (χ1n) is 7.80. The molecular formula is C20H19NO3. The average Bonchev–Trinajstić information content (AvgIpc) is 2.87. The van der Waals surface area contributed by atoms with Crippen molar-refractivity contribution in [1.29, 1.82) is 5.26 Å². The van der Waals surface area contributed by atoms with Crippen molar-refractivity contribution in [3.8, 4) is 11.8 Å². The number of cyclic esters (lactones) is 1. The predicted molar refractivity (Wildman–Crippen MR) is 89.5 cm³/mol. The van der Waals surface area contributed by atoms with Gasteiger partial charge in [0.05, 0.1) is 18.9 Å². The number of nitriles is 1. The molecule has 4 heteroatoms. The lowest BCUT2D eigenvalue weighted by atomic mass is 9.66. The van der Waals surface area contributed by atoms with Crippen LogP contribution in [0.1, 0.15) is 30.0 Å². The summed E-state index contributed by atoms with van der Waals surface area (Å²) in [6, 6.07) is 17.3. The Morgan fingerprint density at radius 1 is 1.08 bits per heavy atom. The number of esters is 1. The molecule has 0 aliphatic carbocycles. The van der Waals surface area contributed by atoms with E-state index in [0.717, 1.165) is 11.1 Å². The van der Waals surface area contributed by atoms with Crippen molar-refractivity contribution >= 4 is 5.97 Å². The van der Waals surface area contributed by atoms with Gasteiger partial charge in [-0.25, -0.2) is 0 Å². The number of carbonyl (C=O) groups excluding carboxylic acids is 1. The number of aryl methyl sites for hydroxylation is 1. The standard InChI is InChI=1S/C20H19NO3/c1-14-4-6-15(7-5-14)19(2)12-18(22)24-20(19,13-21)16-8-10-17(23-3)11-9-16/h4-11H,12H2,1-3H3/t19-,20-/m0/s1. The predicted octanol–water partition coefficient (Wildman–Crippen LogP) is 3.63. The molecule has 24 heavy (non-hydrogen) atoms. The fourth-order valence-corrected chi connectivity index (χ4v) is 3.37. The summed E-state index contributed by atoms with van der Waals surface area (Å²) in [7, 11) is 1.58. The largest absolute Gasteiger partial charge is 0.497 e. The number of hydrogen-bond donors (Lipinski definition) is 0. The van der Waals surface area contributed by atoms with Crippen molar-refractivity contribution in [3.63, 3.8) is 0 Å². The van der Waals surface area contributed by atoms with Crippen molar-refractivity contribution in [1.82, 2.24) is 0 Å². The second-order valence-corrected chi connectivity index (χ2v) is 6.37. The van der Waals surface area contributed by atoms with Crippen LogP contribution in [0, 0.1) is 18.3 Å². The molecule has 122 valence electrons. The maximum Gasteiger partial charge on any atom is 0.308 e. The zero-order chi connectivity index (χ0) is 17.4. The Labute approximate surface area is 141 Å². The second kappa shape index (κ2) is 5.68. The molecular weight excluding hydrogens is 302 g/mol. The highest BCUT2D eigenvalue weighted by Crippen LogP contribution is 2.52. The molecule has 0 amide bonds. The van der Waals surface area contributed by atoms with E-state index in [1.165, 1.54) is 0 Å². The van der Waals surface area contributed by atoms with Crippen LogP contribution >= 0.6 is 0 Å². The van der Waals surface area contributed by atoms with Gasteiger partial charge >= 0.3 is 5.97 Å². The van der Waals surface area contributed by atoms with Crippen LogP contribution in [-0.4, -0.2) is 13.1 Å². The summed E-state index contributed by atoms with van der Waals surface area (Å²) in [5, 5.41) is 10.0. The lowest BCUT2D eigenvalue weighted by Gasteiger charge is -2.36. The Bertz CT molecular complexity index is 804. The molecule has 2 aromatic carbocycles. The van der Waals surface area contributed by atoms with Gasteiger partial charge in [-0.15, -0.1) is 0 Å². The molecule has 1 fully saturated rings. The molecule has 0 spiro atoms. The minimum absolute atomic E-state index is 0.162. The van der Waals surface area contributed by atoms with Crippen LogP contribution in [0.2, 0.25) is 0 Å². The number of methoxy groups -OCH3 is 1. The summed E-state index contributed by atoms with van der Waals surface area (Å²) in [6.07, 6.45) is 0.162. The molecule has 1 aliphatic rings. The minimum atomic E-state index is -1.36. The highest BCUT2D eigenvalue weighted by Gasteiger charge is 2.60. The fraction of sp³-hybridized carbons (Fsp3) is 0.300. The van der Waals surface area contributed by atoms with Crippen molar-refractivity contribution in [2.75, 3.05) is 7.11 Å². The van der Waals surface area contributed by atoms with Crippen LogP contribution in [0.4, 0.5) is 0 Å². The minimum Gasteiger partial charge on any atom is -0.497 e. The van der Waals surface area contributed by atoms with Crippen molar-refractivity contribution < 1.29 is 14.3 Å². The summed E-state index contributed by atoms with van der Waals surface area (Å²) in [4.78, 5) is 12.2. The van der Waals surface area contributed by atoms with Crippen LogP contribution in [0.25, 0.3) is 0 Å². The van der Waals surface area contributed by atoms with E-state index in [1.807, 2.05) is 38.1 Å². The van der Waals surface area contributed by atoms with E-state index in [0.29, 0.717) is 11.3 Å². The summed E-state index contributed by atoms with van der Waals surface area (Å²) >= 11 is 0. The molecule has 2 aromatic rings. The Morgan fingerprint density at radius 2 is 1.67 bits per heavy atom. The SMILES string of the molecule is COc1ccc([C@]2(C#N)OC(=O)C[C@@]2(C)c2ccc(C)cc2)cc1. The number of benzene rings is 2. The Kier molecular flexibility index (Phi) is 3.81. The topological polar surface area (TPSA) is 59.3 Å². The van der Waals surface area contributed by atoms with Gasteiger partial charge in [0.1, 0.15) is 11.8 Å². The molecule has 0 unspecified atom stereocenters. The van der Waals surface area contributed by atoms with Gasteiger partial charge in [-0.2, -0.15) is 5.26 Å². The van der Waals surface area contributed by atoms with E-state index in [9.17, 15) is 10.1 Å². The van der Waals surface area contributed by atoms with Gasteiger partial charge in [-0.05, 0) is 31.5 Å². The van der Waals surface area contributed by atoms with E-state index in [4.69, 9.17) is 9.47 Å². The van der Waals surface area contributed by atoms with Gasteiger partial charge in [0.15, 0.2) is 0 Å². The van der Waals surface area contributed by atoms with Gasteiger partial charge in [0.2, 0.25) is 5.60 Å². The zero-order valence-electron chi connectivity index (χ0n) is 14.0. The number of ether oxygens (including phenoxy) is 2. The van der Waals surface area contributed by atoms with Crippen LogP contribution in [-0.2, 0) is 20.5 Å². The smallest absolute Gasteiger partial charge is 0.308 e. The maximum absolute atomic E-state index is 12.2. The van der Waals surface area contributed by atoms with Crippen LogP contribution in [0.5, 0.6) is 5.75 Å². The number of rotatable bonds is 3. The molecule has 0 bridgehead atoms. The van der Waals surface area contributed by atoms with Crippen molar-refractivity contribution in [3.05, 3.63) is 65.2 Å². The van der Waals surface area contributed by atoms with Gasteiger partial charge in [0.25, 0.3) is 0 Å². The molecule has 4 nitrogen and oxygen atoms in total. The van der Waals surface area contributed by atoms with Crippen LogP contribution in [0.15, 0.2) is 48.5 Å². The van der Waals surface area contributed by atoms with Crippen LogP contribution in [0.3, 0.4) is 0 Å². The summed E-state index contributed by atoms with van der Waals surface area (Å²) in [6.45, 7) is 3.92. The third-order valence-electron chi connectivity index (χ3n) is 4.88.